The molecule has 3 rings (SSSR count). The summed E-state index contributed by atoms with van der Waals surface area (Å²) in [5.74, 6) is -0.613. The largest absolute Gasteiger partial charge is 0.482 e. The number of carbonyl (C=O) groups excluding carboxylic acids is 3. The normalized spacial score (nSPS) is 15.8. The van der Waals surface area contributed by atoms with Crippen LogP contribution in [0.5, 0.6) is 5.75 Å². The first-order valence-electron chi connectivity index (χ1n) is 9.74. The minimum absolute atomic E-state index is 0.189. The van der Waals surface area contributed by atoms with Gasteiger partial charge in [-0.1, -0.05) is 18.2 Å². The average Bonchev–Trinajstić information content (AvgIpc) is 3.05. The fourth-order valence-corrected chi connectivity index (χ4v) is 3.76. The molecular formula is C23H22N2O6S. The number of amides is 1. The molecule has 2 aromatic carbocycles. The van der Waals surface area contributed by atoms with E-state index in [1.165, 1.54) is 23.8 Å². The van der Waals surface area contributed by atoms with Crippen LogP contribution in [-0.2, 0) is 19.1 Å². The molecule has 1 amide bonds. The van der Waals surface area contributed by atoms with Gasteiger partial charge in [0, 0.05) is 7.05 Å². The first-order valence-corrected chi connectivity index (χ1v) is 10.6. The van der Waals surface area contributed by atoms with Crippen molar-refractivity contribution in [2.75, 3.05) is 27.4 Å². The summed E-state index contributed by atoms with van der Waals surface area (Å²) in [6.07, 6.45) is 1.73. The van der Waals surface area contributed by atoms with Crippen LogP contribution < -0.4 is 4.74 Å². The van der Waals surface area contributed by atoms with Crippen molar-refractivity contribution >= 4 is 46.5 Å². The van der Waals surface area contributed by atoms with Crippen LogP contribution in [0.2, 0.25) is 0 Å². The summed E-state index contributed by atoms with van der Waals surface area (Å²) < 4.78 is 15.0. The van der Waals surface area contributed by atoms with Crippen LogP contribution in [0, 0.1) is 0 Å². The van der Waals surface area contributed by atoms with Crippen LogP contribution in [-0.4, -0.2) is 55.3 Å². The average molecular weight is 455 g/mol. The number of nitrogens with zero attached hydrogens (tertiary/aromatic N) is 2. The monoisotopic (exact) mass is 454 g/mol. The quantitative estimate of drug-likeness (QED) is 0.466. The van der Waals surface area contributed by atoms with Crippen LogP contribution in [0.1, 0.15) is 22.8 Å². The van der Waals surface area contributed by atoms with Crippen molar-refractivity contribution in [2.24, 2.45) is 4.99 Å². The number of rotatable bonds is 7. The number of esters is 2. The lowest BCUT2D eigenvalue weighted by molar-refractivity contribution is -0.145. The van der Waals surface area contributed by atoms with Gasteiger partial charge in [0.1, 0.15) is 5.75 Å². The number of hydrogen-bond acceptors (Lipinski definition) is 8. The van der Waals surface area contributed by atoms with Gasteiger partial charge in [0.05, 0.1) is 29.9 Å². The smallest absolute Gasteiger partial charge is 0.344 e. The number of amidine groups is 1. The lowest BCUT2D eigenvalue weighted by Gasteiger charge is -2.07. The van der Waals surface area contributed by atoms with Gasteiger partial charge in [-0.2, -0.15) is 0 Å². The third-order valence-electron chi connectivity index (χ3n) is 4.31. The molecule has 0 aliphatic carbocycles. The fourth-order valence-electron chi connectivity index (χ4n) is 2.77. The van der Waals surface area contributed by atoms with Crippen LogP contribution in [0.4, 0.5) is 5.69 Å². The molecule has 1 fully saturated rings. The number of hydrogen-bond donors (Lipinski definition) is 0. The van der Waals surface area contributed by atoms with Crippen molar-refractivity contribution in [1.29, 1.82) is 0 Å². The third-order valence-corrected chi connectivity index (χ3v) is 5.37. The summed E-state index contributed by atoms with van der Waals surface area (Å²) in [5.41, 5.74) is 1.65. The number of aliphatic imine (C=N–C) groups is 1. The Bertz CT molecular complexity index is 1100. The highest BCUT2D eigenvalue weighted by molar-refractivity contribution is 8.18. The molecule has 8 nitrogen and oxygen atoms in total. The van der Waals surface area contributed by atoms with Crippen LogP contribution in [0.25, 0.3) is 6.08 Å². The lowest BCUT2D eigenvalue weighted by atomic mass is 10.2. The van der Waals surface area contributed by atoms with E-state index in [1.54, 1.807) is 62.5 Å². The molecule has 0 aromatic heterocycles. The van der Waals surface area contributed by atoms with Crippen molar-refractivity contribution < 1.29 is 28.6 Å². The van der Waals surface area contributed by atoms with E-state index >= 15 is 0 Å². The molecule has 0 unspecified atom stereocenters. The second kappa shape index (κ2) is 10.6. The van der Waals surface area contributed by atoms with Gasteiger partial charge in [0.15, 0.2) is 11.8 Å². The molecule has 9 heteroatoms. The van der Waals surface area contributed by atoms with E-state index in [0.29, 0.717) is 27.1 Å². The predicted octanol–water partition coefficient (Wildman–Crippen LogP) is 3.65. The summed E-state index contributed by atoms with van der Waals surface area (Å²) in [5, 5.41) is 0.484. The highest BCUT2D eigenvalue weighted by Crippen LogP contribution is 2.33. The van der Waals surface area contributed by atoms with E-state index in [1.807, 2.05) is 6.07 Å². The molecule has 0 saturated carbocycles. The van der Waals surface area contributed by atoms with Crippen molar-refractivity contribution in [2.45, 2.75) is 6.92 Å². The fraction of sp³-hybridized carbons (Fsp3) is 0.217. The molecule has 0 spiro atoms. The standard InChI is InChI=1S/C23H22N2O6S/c1-4-30-20(26)14-31-18-10-5-7-15(11-18)12-19-21(27)25(2)23(32-19)24-17-9-6-8-16(13-17)22(28)29-3/h5-13H,4,14H2,1-3H3. The maximum Gasteiger partial charge on any atom is 0.344 e. The predicted molar refractivity (Wildman–Crippen MR) is 122 cm³/mol. The molecule has 1 aliphatic heterocycles. The van der Waals surface area contributed by atoms with Gasteiger partial charge in [-0.25, -0.2) is 14.6 Å². The molecule has 1 heterocycles. The summed E-state index contributed by atoms with van der Waals surface area (Å²) in [6, 6.07) is 13.7. The first kappa shape index (κ1) is 23.1. The molecule has 1 saturated heterocycles. The molecule has 0 radical (unpaired) electrons. The topological polar surface area (TPSA) is 94.5 Å². The Labute approximate surface area is 189 Å². The SMILES string of the molecule is CCOC(=O)COc1cccc(C=C2SC(=Nc3cccc(C(=O)OC)c3)N(C)C2=O)c1. The maximum absolute atomic E-state index is 12.7. The molecule has 0 atom stereocenters. The van der Waals surface area contributed by atoms with Gasteiger partial charge in [0.2, 0.25) is 0 Å². The number of thioether (sulfide) groups is 1. The van der Waals surface area contributed by atoms with Crippen molar-refractivity contribution in [3.63, 3.8) is 0 Å². The Morgan fingerprint density at radius 1 is 1.16 bits per heavy atom. The number of methoxy groups -OCH3 is 1. The molecule has 166 valence electrons. The lowest BCUT2D eigenvalue weighted by Crippen LogP contribution is -2.23. The summed E-state index contributed by atoms with van der Waals surface area (Å²) in [4.78, 5) is 42.3. The van der Waals surface area contributed by atoms with Crippen molar-refractivity contribution in [1.82, 2.24) is 4.90 Å². The van der Waals surface area contributed by atoms with Gasteiger partial charge in [-0.05, 0) is 60.7 Å². The first-order chi connectivity index (χ1) is 15.4. The number of likely N-dealkylation sites (N-methyl/N-ethyl adjacent to an activating group) is 1. The van der Waals surface area contributed by atoms with E-state index in [9.17, 15) is 14.4 Å². The van der Waals surface area contributed by atoms with Gasteiger partial charge in [-0.15, -0.1) is 0 Å². The van der Waals surface area contributed by atoms with Gasteiger partial charge in [-0.3, -0.25) is 9.69 Å². The molecule has 0 N–H and O–H groups in total. The van der Waals surface area contributed by atoms with E-state index in [2.05, 4.69) is 4.99 Å². The minimum atomic E-state index is -0.457. The molecule has 32 heavy (non-hydrogen) atoms. The molecule has 2 aromatic rings. The van der Waals surface area contributed by atoms with Crippen LogP contribution in [0.15, 0.2) is 58.4 Å². The van der Waals surface area contributed by atoms with E-state index < -0.39 is 11.9 Å². The Morgan fingerprint density at radius 3 is 2.69 bits per heavy atom. The highest BCUT2D eigenvalue weighted by atomic mass is 32.2. The minimum Gasteiger partial charge on any atom is -0.482 e. The van der Waals surface area contributed by atoms with Crippen molar-refractivity contribution in [3.8, 4) is 5.75 Å². The highest BCUT2D eigenvalue weighted by Gasteiger charge is 2.30. The Balaban J connectivity index is 1.77. The van der Waals surface area contributed by atoms with Gasteiger partial charge >= 0.3 is 11.9 Å². The molecular weight excluding hydrogens is 432 g/mol. The maximum atomic E-state index is 12.7. The zero-order chi connectivity index (χ0) is 23.1. The number of benzene rings is 2. The van der Waals surface area contributed by atoms with Gasteiger partial charge in [0.25, 0.3) is 5.91 Å². The van der Waals surface area contributed by atoms with Gasteiger partial charge < -0.3 is 14.2 Å². The van der Waals surface area contributed by atoms with Crippen molar-refractivity contribution in [3.05, 3.63) is 64.6 Å². The van der Waals surface area contributed by atoms with Crippen LogP contribution >= 0.6 is 11.8 Å². The van der Waals surface area contributed by atoms with E-state index in [0.717, 1.165) is 5.56 Å². The number of carbonyl (C=O) groups is 3. The molecule has 1 aliphatic rings. The Hall–Kier alpha value is -3.59. The Morgan fingerprint density at radius 2 is 1.94 bits per heavy atom. The second-order valence-electron chi connectivity index (χ2n) is 6.58. The van der Waals surface area contributed by atoms with E-state index in [4.69, 9.17) is 14.2 Å². The van der Waals surface area contributed by atoms with Crippen LogP contribution in [0.3, 0.4) is 0 Å². The third kappa shape index (κ3) is 5.76. The zero-order valence-corrected chi connectivity index (χ0v) is 18.7. The van der Waals surface area contributed by atoms with E-state index in [-0.39, 0.29) is 19.1 Å². The Kier molecular flexibility index (Phi) is 7.67. The summed E-state index contributed by atoms with van der Waals surface area (Å²) in [7, 11) is 2.95. The zero-order valence-electron chi connectivity index (χ0n) is 17.9. The molecule has 0 bridgehead atoms. The summed E-state index contributed by atoms with van der Waals surface area (Å²) in [6.45, 7) is 1.83. The second-order valence-corrected chi connectivity index (χ2v) is 7.59. The summed E-state index contributed by atoms with van der Waals surface area (Å²) >= 11 is 1.22. The number of ether oxygens (including phenoxy) is 3.